The van der Waals surface area contributed by atoms with Crippen LogP contribution in [0.15, 0.2) is 0 Å². The van der Waals surface area contributed by atoms with Gasteiger partial charge in [0, 0.05) is 18.6 Å². The van der Waals surface area contributed by atoms with E-state index in [1.54, 1.807) is 9.80 Å². The van der Waals surface area contributed by atoms with Crippen LogP contribution in [0.3, 0.4) is 0 Å². The van der Waals surface area contributed by atoms with E-state index in [-0.39, 0.29) is 18.1 Å². The molecule has 7 heteroatoms. The topological polar surface area (TPSA) is 104 Å². The van der Waals surface area contributed by atoms with Crippen LogP contribution >= 0.6 is 0 Å². The number of aliphatic carboxylic acids is 1. The van der Waals surface area contributed by atoms with E-state index in [9.17, 15) is 19.5 Å². The van der Waals surface area contributed by atoms with E-state index >= 15 is 0 Å². The minimum Gasteiger partial charge on any atom is -0.481 e. The van der Waals surface area contributed by atoms with Gasteiger partial charge in [0.05, 0.1) is 5.92 Å². The number of primary amides is 1. The Hall–Kier alpha value is -1.79. The molecule has 3 N–H and O–H groups in total. The maximum absolute atomic E-state index is 12.8. The number of likely N-dealkylation sites (tertiary alicyclic amines) is 1. The molecule has 0 aromatic rings. The summed E-state index contributed by atoms with van der Waals surface area (Å²) in [5.74, 6) is -1.76. The summed E-state index contributed by atoms with van der Waals surface area (Å²) in [6.07, 6.45) is 4.48. The van der Waals surface area contributed by atoms with Gasteiger partial charge in [-0.25, -0.2) is 4.79 Å². The third-order valence-corrected chi connectivity index (χ3v) is 5.15. The van der Waals surface area contributed by atoms with E-state index < -0.39 is 23.8 Å². The number of nitrogens with zero attached hydrogens (tertiary/aromatic N) is 2. The van der Waals surface area contributed by atoms with Gasteiger partial charge in [-0.15, -0.1) is 0 Å². The third kappa shape index (κ3) is 2.24. The number of carbonyl (C=O) groups is 3. The van der Waals surface area contributed by atoms with Crippen LogP contribution in [0.4, 0.5) is 4.79 Å². The number of hydrogen-bond donors (Lipinski definition) is 2. The SMILES string of the molecule is NC(=O)C1CCCCN1C(=O)N1C2CCC1C(C(=O)O)C2. The molecule has 0 aliphatic carbocycles. The second-order valence-electron chi connectivity index (χ2n) is 6.28. The van der Waals surface area contributed by atoms with E-state index in [1.165, 1.54) is 0 Å². The Morgan fingerprint density at radius 2 is 1.86 bits per heavy atom. The molecule has 116 valence electrons. The first kappa shape index (κ1) is 14.2. The Kier molecular flexibility index (Phi) is 3.51. The van der Waals surface area contributed by atoms with Crippen LogP contribution in [-0.4, -0.2) is 57.5 Å². The summed E-state index contributed by atoms with van der Waals surface area (Å²) in [7, 11) is 0. The Balaban J connectivity index is 1.79. The van der Waals surface area contributed by atoms with Gasteiger partial charge < -0.3 is 20.6 Å². The van der Waals surface area contributed by atoms with E-state index in [4.69, 9.17) is 5.73 Å². The second-order valence-corrected chi connectivity index (χ2v) is 6.28. The molecule has 3 aliphatic heterocycles. The Labute approximate surface area is 123 Å². The summed E-state index contributed by atoms with van der Waals surface area (Å²) in [6, 6.07) is -0.973. The molecular weight excluding hydrogens is 274 g/mol. The van der Waals surface area contributed by atoms with Crippen LogP contribution < -0.4 is 5.73 Å². The van der Waals surface area contributed by atoms with Crippen LogP contribution in [0.25, 0.3) is 0 Å². The summed E-state index contributed by atoms with van der Waals surface area (Å²) in [5, 5.41) is 9.26. The number of fused-ring (bicyclic) bond motifs is 2. The first-order chi connectivity index (χ1) is 10.0. The number of carbonyl (C=O) groups excluding carboxylic acids is 2. The van der Waals surface area contributed by atoms with Crippen LogP contribution in [0.1, 0.15) is 38.5 Å². The zero-order valence-corrected chi connectivity index (χ0v) is 11.9. The third-order valence-electron chi connectivity index (χ3n) is 5.15. The van der Waals surface area contributed by atoms with Crippen molar-refractivity contribution in [2.45, 2.75) is 56.7 Å². The zero-order chi connectivity index (χ0) is 15.1. The lowest BCUT2D eigenvalue weighted by Gasteiger charge is -2.38. The quantitative estimate of drug-likeness (QED) is 0.768. The number of urea groups is 1. The number of amides is 3. The highest BCUT2D eigenvalue weighted by molar-refractivity contribution is 5.87. The van der Waals surface area contributed by atoms with Crippen LogP contribution in [0.5, 0.6) is 0 Å². The summed E-state index contributed by atoms with van der Waals surface area (Å²) in [4.78, 5) is 38.9. The fourth-order valence-electron chi connectivity index (χ4n) is 4.16. The molecule has 3 amide bonds. The predicted octanol–water partition coefficient (Wildman–Crippen LogP) is 0.384. The molecule has 0 spiro atoms. The molecule has 2 bridgehead atoms. The summed E-state index contributed by atoms with van der Waals surface area (Å²) in [6.45, 7) is 0.528. The molecule has 3 heterocycles. The molecule has 0 saturated carbocycles. The van der Waals surface area contributed by atoms with Gasteiger partial charge in [0.15, 0.2) is 0 Å². The van der Waals surface area contributed by atoms with Crippen molar-refractivity contribution in [3.63, 3.8) is 0 Å². The fraction of sp³-hybridized carbons (Fsp3) is 0.786. The van der Waals surface area contributed by atoms with Crippen LogP contribution in [0, 0.1) is 5.92 Å². The molecule has 4 atom stereocenters. The highest BCUT2D eigenvalue weighted by Gasteiger charge is 2.53. The molecule has 3 aliphatic rings. The first-order valence-electron chi connectivity index (χ1n) is 7.61. The maximum Gasteiger partial charge on any atom is 0.321 e. The normalized spacial score (nSPS) is 35.0. The molecule has 0 radical (unpaired) electrons. The minimum atomic E-state index is -0.829. The second kappa shape index (κ2) is 5.20. The van der Waals surface area contributed by atoms with Crippen molar-refractivity contribution in [1.29, 1.82) is 0 Å². The van der Waals surface area contributed by atoms with Gasteiger partial charge in [0.1, 0.15) is 6.04 Å². The standard InChI is InChI=1S/C14H21N3O4/c15-12(18)11-3-1-2-6-16(11)14(21)17-8-4-5-10(17)9(7-8)13(19)20/h8-11H,1-7H2,(H2,15,18)(H,19,20). The van der Waals surface area contributed by atoms with Gasteiger partial charge >= 0.3 is 12.0 Å². The van der Waals surface area contributed by atoms with Crippen LogP contribution in [-0.2, 0) is 9.59 Å². The number of carboxylic acids is 1. The molecular formula is C14H21N3O4. The molecule has 21 heavy (non-hydrogen) atoms. The lowest BCUT2D eigenvalue weighted by Crippen LogP contribution is -2.56. The number of rotatable bonds is 2. The van der Waals surface area contributed by atoms with E-state index in [0.717, 1.165) is 25.7 Å². The molecule has 3 rings (SSSR count). The summed E-state index contributed by atoms with van der Waals surface area (Å²) < 4.78 is 0. The van der Waals surface area contributed by atoms with Crippen molar-refractivity contribution in [3.05, 3.63) is 0 Å². The fourth-order valence-corrected chi connectivity index (χ4v) is 4.16. The van der Waals surface area contributed by atoms with Crippen molar-refractivity contribution in [2.75, 3.05) is 6.54 Å². The van der Waals surface area contributed by atoms with E-state index in [0.29, 0.717) is 19.4 Å². The largest absolute Gasteiger partial charge is 0.481 e. The number of carboxylic acid groups (broad SMARTS) is 1. The Morgan fingerprint density at radius 3 is 2.48 bits per heavy atom. The van der Waals surface area contributed by atoms with E-state index in [1.807, 2.05) is 0 Å². The lowest BCUT2D eigenvalue weighted by atomic mass is 9.89. The van der Waals surface area contributed by atoms with Crippen LogP contribution in [0.2, 0.25) is 0 Å². The summed E-state index contributed by atoms with van der Waals surface area (Å²) >= 11 is 0. The molecule has 4 unspecified atom stereocenters. The lowest BCUT2D eigenvalue weighted by molar-refractivity contribution is -0.142. The maximum atomic E-state index is 12.8. The van der Waals surface area contributed by atoms with Gasteiger partial charge in [-0.05, 0) is 38.5 Å². The Bertz CT molecular complexity index is 481. The van der Waals surface area contributed by atoms with Gasteiger partial charge in [-0.1, -0.05) is 0 Å². The molecule has 3 saturated heterocycles. The Morgan fingerprint density at radius 1 is 1.10 bits per heavy atom. The number of piperidine rings is 1. The highest BCUT2D eigenvalue weighted by atomic mass is 16.4. The highest BCUT2D eigenvalue weighted by Crippen LogP contribution is 2.42. The average molecular weight is 295 g/mol. The zero-order valence-electron chi connectivity index (χ0n) is 11.9. The number of hydrogen-bond acceptors (Lipinski definition) is 3. The van der Waals surface area contributed by atoms with Crippen molar-refractivity contribution in [3.8, 4) is 0 Å². The smallest absolute Gasteiger partial charge is 0.321 e. The van der Waals surface area contributed by atoms with Crippen molar-refractivity contribution in [2.24, 2.45) is 11.7 Å². The molecule has 0 aromatic heterocycles. The van der Waals surface area contributed by atoms with Gasteiger partial charge in [-0.3, -0.25) is 9.59 Å². The van der Waals surface area contributed by atoms with Gasteiger partial charge in [0.2, 0.25) is 5.91 Å². The molecule has 7 nitrogen and oxygen atoms in total. The average Bonchev–Trinajstić information content (AvgIpc) is 3.04. The van der Waals surface area contributed by atoms with Crippen molar-refractivity contribution < 1.29 is 19.5 Å². The van der Waals surface area contributed by atoms with Gasteiger partial charge in [0.25, 0.3) is 0 Å². The van der Waals surface area contributed by atoms with Crippen molar-refractivity contribution in [1.82, 2.24) is 9.80 Å². The summed E-state index contributed by atoms with van der Waals surface area (Å²) in [5.41, 5.74) is 5.41. The molecule has 3 fully saturated rings. The predicted molar refractivity (Wildman–Crippen MR) is 73.3 cm³/mol. The van der Waals surface area contributed by atoms with Crippen molar-refractivity contribution >= 4 is 17.9 Å². The van der Waals surface area contributed by atoms with Gasteiger partial charge in [-0.2, -0.15) is 0 Å². The molecule has 0 aromatic carbocycles. The minimum absolute atomic E-state index is 0.000877. The monoisotopic (exact) mass is 295 g/mol. The first-order valence-corrected chi connectivity index (χ1v) is 7.61. The van der Waals surface area contributed by atoms with E-state index in [2.05, 4.69) is 0 Å². The number of nitrogens with two attached hydrogens (primary N) is 1.